The van der Waals surface area contributed by atoms with Gasteiger partial charge >= 0.3 is 6.03 Å². The van der Waals surface area contributed by atoms with Crippen LogP contribution in [0.3, 0.4) is 0 Å². The maximum atomic E-state index is 11.2. The fraction of sp³-hybridized carbons (Fsp3) is 0.625. The van der Waals surface area contributed by atoms with Crippen molar-refractivity contribution in [1.82, 2.24) is 5.43 Å². The molecule has 0 bridgehead atoms. The molecule has 0 saturated heterocycles. The Morgan fingerprint density at radius 2 is 1.92 bits per heavy atom. The summed E-state index contributed by atoms with van der Waals surface area (Å²) in [4.78, 5) is 21.5. The minimum atomic E-state index is -0.710. The van der Waals surface area contributed by atoms with Crippen LogP contribution >= 0.6 is 0 Å². The highest BCUT2D eigenvalue weighted by atomic mass is 16.2. The van der Waals surface area contributed by atoms with Crippen LogP contribution in [-0.4, -0.2) is 17.5 Å². The first-order valence-corrected chi connectivity index (χ1v) is 4.10. The van der Waals surface area contributed by atoms with Crippen LogP contribution in [-0.2, 0) is 4.79 Å². The predicted molar refractivity (Wildman–Crippen MR) is 48.2 cm³/mol. The Balaban J connectivity index is 2.67. The van der Waals surface area contributed by atoms with Gasteiger partial charge in [0.1, 0.15) is 5.78 Å². The van der Waals surface area contributed by atoms with Crippen molar-refractivity contribution in [3.63, 3.8) is 0 Å². The molecule has 0 aromatic rings. The maximum Gasteiger partial charge on any atom is 0.332 e. The van der Waals surface area contributed by atoms with Crippen LogP contribution in [0.15, 0.2) is 5.10 Å². The molecule has 0 radical (unpaired) electrons. The third kappa shape index (κ3) is 1.85. The molecule has 3 N–H and O–H groups in total. The minimum absolute atomic E-state index is 0.0972. The Morgan fingerprint density at radius 3 is 2.23 bits per heavy atom. The van der Waals surface area contributed by atoms with E-state index in [2.05, 4.69) is 10.5 Å². The number of Topliss-reactive ketones (excluding diaryl/α,β-unsaturated/α-hetero) is 1. The van der Waals surface area contributed by atoms with E-state index in [1.807, 2.05) is 0 Å². The molecule has 1 aliphatic carbocycles. The van der Waals surface area contributed by atoms with Gasteiger partial charge in [-0.15, -0.1) is 0 Å². The van der Waals surface area contributed by atoms with Gasteiger partial charge in [-0.3, -0.25) is 4.79 Å². The van der Waals surface area contributed by atoms with Crippen molar-refractivity contribution in [1.29, 1.82) is 0 Å². The molecular weight excluding hydrogens is 170 g/mol. The SMILES string of the molecule is CC(=O)C1(/C(C)=N\NC(N)=O)CC1. The van der Waals surface area contributed by atoms with Gasteiger partial charge in [-0.1, -0.05) is 0 Å². The summed E-state index contributed by atoms with van der Waals surface area (Å²) in [7, 11) is 0. The molecule has 5 heteroatoms. The van der Waals surface area contributed by atoms with Crippen molar-refractivity contribution in [2.75, 3.05) is 0 Å². The molecule has 0 aromatic carbocycles. The number of nitrogens with one attached hydrogen (secondary N) is 1. The highest BCUT2D eigenvalue weighted by Gasteiger charge is 2.50. The van der Waals surface area contributed by atoms with E-state index in [9.17, 15) is 9.59 Å². The van der Waals surface area contributed by atoms with Crippen LogP contribution in [0.5, 0.6) is 0 Å². The molecule has 72 valence electrons. The Kier molecular flexibility index (Phi) is 2.36. The second kappa shape index (κ2) is 3.16. The molecule has 1 rings (SSSR count). The van der Waals surface area contributed by atoms with Gasteiger partial charge < -0.3 is 5.73 Å². The Bertz CT molecular complexity index is 279. The van der Waals surface area contributed by atoms with Crippen LogP contribution in [0.2, 0.25) is 0 Å². The molecule has 0 heterocycles. The van der Waals surface area contributed by atoms with Gasteiger partial charge in [-0.25, -0.2) is 10.2 Å². The molecule has 0 atom stereocenters. The van der Waals surface area contributed by atoms with Gasteiger partial charge in [0.25, 0.3) is 0 Å². The van der Waals surface area contributed by atoms with Crippen LogP contribution in [0.25, 0.3) is 0 Å². The van der Waals surface area contributed by atoms with Gasteiger partial charge in [0.05, 0.1) is 5.41 Å². The fourth-order valence-corrected chi connectivity index (χ4v) is 1.34. The summed E-state index contributed by atoms with van der Waals surface area (Å²) in [5, 5.41) is 3.75. The number of nitrogens with zero attached hydrogens (tertiary/aromatic N) is 1. The summed E-state index contributed by atoms with van der Waals surface area (Å²) < 4.78 is 0. The first kappa shape index (κ1) is 9.70. The summed E-state index contributed by atoms with van der Waals surface area (Å²) in [6.45, 7) is 3.26. The standard InChI is InChI=1S/C8H13N3O2/c1-5(10-11-7(9)13)8(3-4-8)6(2)12/h3-4H2,1-2H3,(H3,9,11,13)/b10-5-. The van der Waals surface area contributed by atoms with Gasteiger partial charge in [0.2, 0.25) is 0 Å². The molecule has 1 aliphatic rings. The lowest BCUT2D eigenvalue weighted by atomic mass is 9.97. The summed E-state index contributed by atoms with van der Waals surface area (Å²) in [5.41, 5.74) is 7.18. The van der Waals surface area contributed by atoms with E-state index in [1.165, 1.54) is 6.92 Å². The summed E-state index contributed by atoms with van der Waals surface area (Å²) in [5.74, 6) is 0.0972. The molecular formula is C8H13N3O2. The molecule has 0 aliphatic heterocycles. The normalized spacial score (nSPS) is 19.4. The number of hydrogen-bond donors (Lipinski definition) is 2. The number of urea groups is 1. The van der Waals surface area contributed by atoms with Gasteiger partial charge in [0.15, 0.2) is 0 Å². The first-order valence-electron chi connectivity index (χ1n) is 4.10. The lowest BCUT2D eigenvalue weighted by molar-refractivity contribution is -0.119. The number of hydrogen-bond acceptors (Lipinski definition) is 3. The molecule has 0 aromatic heterocycles. The molecule has 5 nitrogen and oxygen atoms in total. The van der Waals surface area contributed by atoms with Crippen molar-refractivity contribution < 1.29 is 9.59 Å². The average molecular weight is 183 g/mol. The number of carbonyl (C=O) groups excluding carboxylic acids is 2. The highest BCUT2D eigenvalue weighted by Crippen LogP contribution is 2.47. The topological polar surface area (TPSA) is 84.6 Å². The zero-order valence-corrected chi connectivity index (χ0v) is 7.76. The Morgan fingerprint density at radius 1 is 1.38 bits per heavy atom. The van der Waals surface area contributed by atoms with Crippen LogP contribution in [0.4, 0.5) is 4.79 Å². The summed E-state index contributed by atoms with van der Waals surface area (Å²) in [6.07, 6.45) is 1.64. The lowest BCUT2D eigenvalue weighted by Crippen LogP contribution is -2.29. The number of nitrogens with two attached hydrogens (primary N) is 1. The van der Waals surface area contributed by atoms with E-state index in [4.69, 9.17) is 5.73 Å². The van der Waals surface area contributed by atoms with E-state index in [1.54, 1.807) is 6.92 Å². The van der Waals surface area contributed by atoms with Gasteiger partial charge in [-0.05, 0) is 26.7 Å². The second-order valence-electron chi connectivity index (χ2n) is 3.31. The van der Waals surface area contributed by atoms with Crippen LogP contribution in [0.1, 0.15) is 26.7 Å². The number of carbonyl (C=O) groups is 2. The highest BCUT2D eigenvalue weighted by molar-refractivity contribution is 6.10. The maximum absolute atomic E-state index is 11.2. The van der Waals surface area contributed by atoms with E-state index >= 15 is 0 Å². The molecule has 1 fully saturated rings. The molecule has 1 saturated carbocycles. The number of primary amides is 1. The number of ketones is 1. The molecule has 2 amide bonds. The summed E-state index contributed by atoms with van der Waals surface area (Å²) >= 11 is 0. The fourth-order valence-electron chi connectivity index (χ4n) is 1.34. The third-order valence-electron chi connectivity index (χ3n) is 2.45. The number of rotatable bonds is 3. The van der Waals surface area contributed by atoms with Crippen molar-refractivity contribution in [2.24, 2.45) is 16.3 Å². The van der Waals surface area contributed by atoms with Crippen LogP contribution < -0.4 is 11.2 Å². The van der Waals surface area contributed by atoms with E-state index in [0.717, 1.165) is 12.8 Å². The van der Waals surface area contributed by atoms with Crippen molar-refractivity contribution in [3.05, 3.63) is 0 Å². The number of hydrazone groups is 1. The van der Waals surface area contributed by atoms with Crippen molar-refractivity contribution in [3.8, 4) is 0 Å². The smallest absolute Gasteiger partial charge is 0.332 e. The van der Waals surface area contributed by atoms with Gasteiger partial charge in [0, 0.05) is 5.71 Å². The molecule has 0 spiro atoms. The van der Waals surface area contributed by atoms with Crippen LogP contribution in [0, 0.1) is 5.41 Å². The Labute approximate surface area is 76.4 Å². The third-order valence-corrected chi connectivity index (χ3v) is 2.45. The quantitative estimate of drug-likeness (QED) is 0.490. The number of amides is 2. The lowest BCUT2D eigenvalue weighted by Gasteiger charge is -2.09. The van der Waals surface area contributed by atoms with E-state index in [-0.39, 0.29) is 5.78 Å². The first-order chi connectivity index (χ1) is 5.99. The largest absolute Gasteiger partial charge is 0.350 e. The zero-order chi connectivity index (χ0) is 10.1. The molecule has 13 heavy (non-hydrogen) atoms. The zero-order valence-electron chi connectivity index (χ0n) is 7.76. The minimum Gasteiger partial charge on any atom is -0.350 e. The predicted octanol–water partition coefficient (Wildman–Crippen LogP) is 0.400. The van der Waals surface area contributed by atoms with E-state index in [0.29, 0.717) is 5.71 Å². The monoisotopic (exact) mass is 183 g/mol. The average Bonchev–Trinajstić information content (AvgIpc) is 2.79. The Hall–Kier alpha value is -1.39. The summed E-state index contributed by atoms with van der Waals surface area (Å²) in [6, 6.07) is -0.710. The van der Waals surface area contributed by atoms with Crippen molar-refractivity contribution >= 4 is 17.5 Å². The van der Waals surface area contributed by atoms with Crippen molar-refractivity contribution in [2.45, 2.75) is 26.7 Å². The second-order valence-corrected chi connectivity index (χ2v) is 3.31. The van der Waals surface area contributed by atoms with E-state index < -0.39 is 11.4 Å². The van der Waals surface area contributed by atoms with Gasteiger partial charge in [-0.2, -0.15) is 5.10 Å². The molecule has 0 unspecified atom stereocenters.